The monoisotopic (exact) mass is 334 g/mol. The minimum atomic E-state index is -0.738. The van der Waals surface area contributed by atoms with Crippen LogP contribution in [0.25, 0.3) is 0 Å². The lowest BCUT2D eigenvalue weighted by molar-refractivity contribution is -0.133. The summed E-state index contributed by atoms with van der Waals surface area (Å²) in [5.41, 5.74) is 0.222. The van der Waals surface area contributed by atoms with Crippen molar-refractivity contribution < 1.29 is 19.1 Å². The van der Waals surface area contributed by atoms with Crippen molar-refractivity contribution in [3.05, 3.63) is 23.8 Å². The SMILES string of the molecule is CNC(=O)C1(NC(=O)CCc2cc(OC)cc(OC)c2)CCCC1. The average Bonchev–Trinajstić information content (AvgIpc) is 3.08. The number of amides is 2. The Morgan fingerprint density at radius 1 is 1.08 bits per heavy atom. The van der Waals surface area contributed by atoms with E-state index in [9.17, 15) is 9.59 Å². The van der Waals surface area contributed by atoms with Crippen LogP contribution in [0.5, 0.6) is 11.5 Å². The third kappa shape index (κ3) is 4.19. The van der Waals surface area contributed by atoms with Gasteiger partial charge in [-0.2, -0.15) is 0 Å². The molecule has 1 saturated carbocycles. The van der Waals surface area contributed by atoms with Gasteiger partial charge in [-0.15, -0.1) is 0 Å². The van der Waals surface area contributed by atoms with Gasteiger partial charge in [0.05, 0.1) is 14.2 Å². The highest BCUT2D eigenvalue weighted by molar-refractivity contribution is 5.91. The highest BCUT2D eigenvalue weighted by Gasteiger charge is 2.41. The Labute approximate surface area is 142 Å². The first-order chi connectivity index (χ1) is 11.5. The first-order valence-electron chi connectivity index (χ1n) is 8.28. The molecule has 6 heteroatoms. The molecule has 0 bridgehead atoms. The number of likely N-dealkylation sites (N-methyl/N-ethyl adjacent to an activating group) is 1. The van der Waals surface area contributed by atoms with Crippen LogP contribution in [0, 0.1) is 0 Å². The number of carbonyl (C=O) groups excluding carboxylic acids is 2. The summed E-state index contributed by atoms with van der Waals surface area (Å²) in [6.45, 7) is 0. The van der Waals surface area contributed by atoms with Crippen LogP contribution >= 0.6 is 0 Å². The van der Waals surface area contributed by atoms with Crippen LogP contribution in [-0.4, -0.2) is 38.6 Å². The van der Waals surface area contributed by atoms with E-state index in [0.29, 0.717) is 37.2 Å². The first-order valence-corrected chi connectivity index (χ1v) is 8.28. The summed E-state index contributed by atoms with van der Waals surface area (Å²) in [5, 5.41) is 5.63. The Morgan fingerprint density at radius 3 is 2.17 bits per heavy atom. The van der Waals surface area contributed by atoms with Gasteiger partial charge in [-0.05, 0) is 37.0 Å². The maximum Gasteiger partial charge on any atom is 0.245 e. The van der Waals surface area contributed by atoms with Gasteiger partial charge in [-0.25, -0.2) is 0 Å². The van der Waals surface area contributed by atoms with Gasteiger partial charge in [0, 0.05) is 19.5 Å². The average molecular weight is 334 g/mol. The number of hydrogen-bond donors (Lipinski definition) is 2. The Kier molecular flexibility index (Phi) is 6.06. The fourth-order valence-corrected chi connectivity index (χ4v) is 3.22. The zero-order valence-electron chi connectivity index (χ0n) is 14.6. The fourth-order valence-electron chi connectivity index (χ4n) is 3.22. The molecule has 0 unspecified atom stereocenters. The Hall–Kier alpha value is -2.24. The summed E-state index contributed by atoms with van der Waals surface area (Å²) in [6, 6.07) is 5.57. The molecule has 0 spiro atoms. The van der Waals surface area contributed by atoms with Gasteiger partial charge in [0.25, 0.3) is 0 Å². The van der Waals surface area contributed by atoms with Crippen LogP contribution in [0.15, 0.2) is 18.2 Å². The van der Waals surface area contributed by atoms with Crippen molar-refractivity contribution in [3.8, 4) is 11.5 Å². The molecule has 2 rings (SSSR count). The lowest BCUT2D eigenvalue weighted by atomic mass is 9.95. The van der Waals surface area contributed by atoms with E-state index < -0.39 is 5.54 Å². The van der Waals surface area contributed by atoms with Crippen LogP contribution in [0.1, 0.15) is 37.7 Å². The quantitative estimate of drug-likeness (QED) is 0.797. The summed E-state index contributed by atoms with van der Waals surface area (Å²) in [7, 11) is 4.80. The number of nitrogens with one attached hydrogen (secondary N) is 2. The molecule has 24 heavy (non-hydrogen) atoms. The van der Waals surface area contributed by atoms with Crippen LogP contribution < -0.4 is 20.1 Å². The van der Waals surface area contributed by atoms with Gasteiger partial charge in [-0.3, -0.25) is 9.59 Å². The summed E-state index contributed by atoms with van der Waals surface area (Å²) in [6.07, 6.45) is 4.19. The van der Waals surface area contributed by atoms with Crippen molar-refractivity contribution in [2.45, 2.75) is 44.1 Å². The zero-order chi connectivity index (χ0) is 17.6. The van der Waals surface area contributed by atoms with Crippen LogP contribution in [0.4, 0.5) is 0 Å². The Morgan fingerprint density at radius 2 is 1.67 bits per heavy atom. The lowest BCUT2D eigenvalue weighted by Crippen LogP contribution is -2.56. The molecule has 1 fully saturated rings. The predicted octanol–water partition coefficient (Wildman–Crippen LogP) is 1.81. The van der Waals surface area contributed by atoms with Crippen LogP contribution in [0.2, 0.25) is 0 Å². The predicted molar refractivity (Wildman–Crippen MR) is 91.3 cm³/mol. The molecule has 6 nitrogen and oxygen atoms in total. The van der Waals surface area contributed by atoms with E-state index in [0.717, 1.165) is 18.4 Å². The van der Waals surface area contributed by atoms with Gasteiger partial charge >= 0.3 is 0 Å². The van der Waals surface area contributed by atoms with E-state index in [1.807, 2.05) is 12.1 Å². The molecule has 1 aliphatic rings. The maximum atomic E-state index is 12.4. The third-order valence-corrected chi connectivity index (χ3v) is 4.55. The molecule has 132 valence electrons. The van der Waals surface area contributed by atoms with Gasteiger partial charge in [0.15, 0.2) is 0 Å². The molecular formula is C18H26N2O4. The molecular weight excluding hydrogens is 308 g/mol. The van der Waals surface area contributed by atoms with E-state index in [1.54, 1.807) is 27.3 Å². The number of carbonyl (C=O) groups is 2. The zero-order valence-corrected chi connectivity index (χ0v) is 14.6. The minimum absolute atomic E-state index is 0.101. The van der Waals surface area contributed by atoms with Crippen LogP contribution in [0.3, 0.4) is 0 Å². The maximum absolute atomic E-state index is 12.4. The molecule has 1 aliphatic carbocycles. The second-order valence-electron chi connectivity index (χ2n) is 6.14. The van der Waals surface area contributed by atoms with Gasteiger partial charge < -0.3 is 20.1 Å². The second kappa shape index (κ2) is 8.04. The van der Waals surface area contributed by atoms with Crippen molar-refractivity contribution in [2.24, 2.45) is 0 Å². The highest BCUT2D eigenvalue weighted by atomic mass is 16.5. The van der Waals surface area contributed by atoms with Gasteiger partial charge in [0.2, 0.25) is 11.8 Å². The molecule has 0 aromatic heterocycles. The number of rotatable bonds is 7. The van der Waals surface area contributed by atoms with Gasteiger partial charge in [0.1, 0.15) is 17.0 Å². The normalized spacial score (nSPS) is 15.6. The lowest BCUT2D eigenvalue weighted by Gasteiger charge is -2.28. The fraction of sp³-hybridized carbons (Fsp3) is 0.556. The first kappa shape index (κ1) is 18.1. The molecule has 2 amide bonds. The molecule has 2 N–H and O–H groups in total. The summed E-state index contributed by atoms with van der Waals surface area (Å²) in [5.74, 6) is 1.18. The standard InChI is InChI=1S/C18H26N2O4/c1-19-17(22)18(8-4-5-9-18)20-16(21)7-6-13-10-14(23-2)12-15(11-13)24-3/h10-12H,4-9H2,1-3H3,(H,19,22)(H,20,21). The molecule has 1 aromatic carbocycles. The van der Waals surface area contributed by atoms with E-state index in [2.05, 4.69) is 10.6 Å². The number of aryl methyl sites for hydroxylation is 1. The Bertz CT molecular complexity index is 572. The topological polar surface area (TPSA) is 76.7 Å². The molecule has 0 saturated heterocycles. The van der Waals surface area contributed by atoms with E-state index in [4.69, 9.17) is 9.47 Å². The third-order valence-electron chi connectivity index (χ3n) is 4.55. The van der Waals surface area contributed by atoms with Crippen LogP contribution in [-0.2, 0) is 16.0 Å². The van der Waals surface area contributed by atoms with E-state index >= 15 is 0 Å². The van der Waals surface area contributed by atoms with E-state index in [-0.39, 0.29) is 11.8 Å². The summed E-state index contributed by atoms with van der Waals surface area (Å²) >= 11 is 0. The van der Waals surface area contributed by atoms with Crippen molar-refractivity contribution in [1.82, 2.24) is 10.6 Å². The molecule has 0 aliphatic heterocycles. The van der Waals surface area contributed by atoms with Crippen molar-refractivity contribution >= 4 is 11.8 Å². The molecule has 0 radical (unpaired) electrons. The summed E-state index contributed by atoms with van der Waals surface area (Å²) in [4.78, 5) is 24.5. The number of benzene rings is 1. The second-order valence-corrected chi connectivity index (χ2v) is 6.14. The smallest absolute Gasteiger partial charge is 0.245 e. The molecule has 0 heterocycles. The largest absolute Gasteiger partial charge is 0.497 e. The van der Waals surface area contributed by atoms with Gasteiger partial charge in [-0.1, -0.05) is 12.8 Å². The number of ether oxygens (including phenoxy) is 2. The number of methoxy groups -OCH3 is 2. The van der Waals surface area contributed by atoms with Crippen molar-refractivity contribution in [1.29, 1.82) is 0 Å². The molecule has 1 aromatic rings. The van der Waals surface area contributed by atoms with Crippen molar-refractivity contribution in [2.75, 3.05) is 21.3 Å². The highest BCUT2D eigenvalue weighted by Crippen LogP contribution is 2.30. The van der Waals surface area contributed by atoms with Crippen molar-refractivity contribution in [3.63, 3.8) is 0 Å². The number of hydrogen-bond acceptors (Lipinski definition) is 4. The van der Waals surface area contributed by atoms with E-state index in [1.165, 1.54) is 0 Å². The summed E-state index contributed by atoms with van der Waals surface area (Å²) < 4.78 is 10.5. The molecule has 0 atom stereocenters. The minimum Gasteiger partial charge on any atom is -0.497 e. The Balaban J connectivity index is 1.99.